The van der Waals surface area contributed by atoms with Crippen molar-refractivity contribution >= 4 is 5.78 Å². The third-order valence-electron chi connectivity index (χ3n) is 2.36. The van der Waals surface area contributed by atoms with Crippen LogP contribution in [0.5, 0.6) is 11.5 Å². The second-order valence-corrected chi connectivity index (χ2v) is 4.20. The second kappa shape index (κ2) is 2.97. The Kier molecular flexibility index (Phi) is 1.98. The second-order valence-electron chi connectivity index (χ2n) is 4.20. The van der Waals surface area contributed by atoms with E-state index in [2.05, 4.69) is 0 Å². The van der Waals surface area contributed by atoms with E-state index in [1.54, 1.807) is 0 Å². The molecule has 1 aromatic carbocycles. The van der Waals surface area contributed by atoms with Gasteiger partial charge in [0.15, 0.2) is 6.10 Å². The Morgan fingerprint density at radius 2 is 2.07 bits per heavy atom. The number of phenolic OH excluding ortho intramolecular Hbond substituents is 1. The number of phenols is 1. The van der Waals surface area contributed by atoms with Gasteiger partial charge in [-0.2, -0.15) is 0 Å². The van der Waals surface area contributed by atoms with E-state index >= 15 is 0 Å². The zero-order valence-corrected chi connectivity index (χ0v) is 8.52. The van der Waals surface area contributed by atoms with Gasteiger partial charge in [-0.1, -0.05) is 0 Å². The van der Waals surface area contributed by atoms with Gasteiger partial charge in [0.2, 0.25) is 5.78 Å². The molecule has 0 aromatic heterocycles. The quantitative estimate of drug-likeness (QED) is 0.725. The number of ether oxygens (including phenoxy) is 1. The summed E-state index contributed by atoms with van der Waals surface area (Å²) in [6.45, 7) is 3.03. The number of rotatable bonds is 1. The van der Waals surface area contributed by atoms with Crippen molar-refractivity contribution < 1.29 is 19.7 Å². The van der Waals surface area contributed by atoms with Gasteiger partial charge in [-0.05, 0) is 26.0 Å². The number of benzene rings is 1. The molecule has 4 heteroatoms. The predicted molar refractivity (Wildman–Crippen MR) is 53.2 cm³/mol. The van der Waals surface area contributed by atoms with Gasteiger partial charge in [-0.15, -0.1) is 0 Å². The summed E-state index contributed by atoms with van der Waals surface area (Å²) in [6, 6.07) is 4.30. The summed E-state index contributed by atoms with van der Waals surface area (Å²) in [5, 5.41) is 18.9. The number of fused-ring (bicyclic) bond motifs is 1. The molecule has 0 aliphatic carbocycles. The predicted octanol–water partition coefficient (Wildman–Crippen LogP) is 1.11. The molecule has 0 saturated carbocycles. The molecule has 2 rings (SSSR count). The number of hydrogen-bond donors (Lipinski definition) is 2. The van der Waals surface area contributed by atoms with Crippen molar-refractivity contribution in [3.05, 3.63) is 23.8 Å². The van der Waals surface area contributed by atoms with Crippen LogP contribution in [-0.4, -0.2) is 27.7 Å². The van der Waals surface area contributed by atoms with Gasteiger partial charge in [0.1, 0.15) is 17.1 Å². The maximum atomic E-state index is 11.8. The van der Waals surface area contributed by atoms with Crippen molar-refractivity contribution in [2.24, 2.45) is 0 Å². The lowest BCUT2D eigenvalue weighted by Gasteiger charge is -2.23. The number of ketones is 1. The number of aliphatic hydroxyl groups is 1. The van der Waals surface area contributed by atoms with E-state index in [0.29, 0.717) is 11.3 Å². The largest absolute Gasteiger partial charge is 0.508 e. The molecule has 0 amide bonds. The highest BCUT2D eigenvalue weighted by molar-refractivity contribution is 6.05. The van der Waals surface area contributed by atoms with Crippen LogP contribution < -0.4 is 4.74 Å². The molecule has 4 nitrogen and oxygen atoms in total. The Bertz CT molecular complexity index is 417. The molecule has 1 unspecified atom stereocenters. The average Bonchev–Trinajstić information content (AvgIpc) is 2.42. The van der Waals surface area contributed by atoms with Gasteiger partial charge < -0.3 is 14.9 Å². The fourth-order valence-electron chi connectivity index (χ4n) is 1.60. The first-order valence-electron chi connectivity index (χ1n) is 4.66. The van der Waals surface area contributed by atoms with Crippen LogP contribution >= 0.6 is 0 Å². The maximum Gasteiger partial charge on any atom is 0.210 e. The van der Waals surface area contributed by atoms with Crippen LogP contribution in [0.1, 0.15) is 24.2 Å². The monoisotopic (exact) mass is 208 g/mol. The standard InChI is InChI=1S/C11H12O4/c1-11(2,14)10-9(13)7-4-3-6(12)5-8(7)15-10/h3-5,10,12,14H,1-2H3. The van der Waals surface area contributed by atoms with Crippen molar-refractivity contribution in [2.45, 2.75) is 25.6 Å². The van der Waals surface area contributed by atoms with Crippen molar-refractivity contribution in [3.8, 4) is 11.5 Å². The number of carbonyl (C=O) groups is 1. The summed E-state index contributed by atoms with van der Waals surface area (Å²) >= 11 is 0. The SMILES string of the molecule is CC(C)(O)C1Oc2cc(O)ccc2C1=O. The third kappa shape index (κ3) is 1.57. The smallest absolute Gasteiger partial charge is 0.210 e. The molecule has 1 aromatic rings. The van der Waals surface area contributed by atoms with Crippen LogP contribution in [0.2, 0.25) is 0 Å². The van der Waals surface area contributed by atoms with E-state index in [4.69, 9.17) is 4.74 Å². The molecule has 80 valence electrons. The van der Waals surface area contributed by atoms with Crippen molar-refractivity contribution in [2.75, 3.05) is 0 Å². The Morgan fingerprint density at radius 1 is 1.40 bits per heavy atom. The molecule has 0 spiro atoms. The molecular weight excluding hydrogens is 196 g/mol. The highest BCUT2D eigenvalue weighted by atomic mass is 16.5. The van der Waals surface area contributed by atoms with Gasteiger partial charge >= 0.3 is 0 Å². The van der Waals surface area contributed by atoms with Crippen molar-refractivity contribution in [1.29, 1.82) is 0 Å². The highest BCUT2D eigenvalue weighted by Gasteiger charge is 2.42. The van der Waals surface area contributed by atoms with Gasteiger partial charge in [0.05, 0.1) is 5.56 Å². The van der Waals surface area contributed by atoms with Crippen LogP contribution in [-0.2, 0) is 0 Å². The first-order chi connectivity index (χ1) is 6.89. The molecule has 2 N–H and O–H groups in total. The van der Waals surface area contributed by atoms with Crippen LogP contribution in [0.15, 0.2) is 18.2 Å². The van der Waals surface area contributed by atoms with E-state index < -0.39 is 11.7 Å². The average molecular weight is 208 g/mol. The topological polar surface area (TPSA) is 66.8 Å². The molecule has 1 aliphatic heterocycles. The Morgan fingerprint density at radius 3 is 2.67 bits per heavy atom. The minimum absolute atomic E-state index is 0.0398. The Hall–Kier alpha value is -1.55. The van der Waals surface area contributed by atoms with E-state index in [9.17, 15) is 15.0 Å². The zero-order valence-electron chi connectivity index (χ0n) is 8.52. The summed E-state index contributed by atoms with van der Waals surface area (Å²) in [5.41, 5.74) is -0.828. The normalized spacial score (nSPS) is 19.9. The van der Waals surface area contributed by atoms with Gasteiger partial charge in [0, 0.05) is 6.07 Å². The molecular formula is C11H12O4. The zero-order chi connectivity index (χ0) is 11.2. The Labute approximate surface area is 87.1 Å². The van der Waals surface area contributed by atoms with Gasteiger partial charge in [0.25, 0.3) is 0 Å². The molecule has 0 saturated heterocycles. The van der Waals surface area contributed by atoms with Crippen molar-refractivity contribution in [1.82, 2.24) is 0 Å². The minimum atomic E-state index is -1.23. The fourth-order valence-corrected chi connectivity index (χ4v) is 1.60. The molecule has 1 heterocycles. The number of Topliss-reactive ketones (excluding diaryl/α,β-unsaturated/α-hetero) is 1. The maximum absolute atomic E-state index is 11.8. The Balaban J connectivity index is 2.42. The van der Waals surface area contributed by atoms with Gasteiger partial charge in [-0.25, -0.2) is 0 Å². The fraction of sp³-hybridized carbons (Fsp3) is 0.364. The van der Waals surface area contributed by atoms with Gasteiger partial charge in [-0.3, -0.25) is 4.79 Å². The third-order valence-corrected chi connectivity index (χ3v) is 2.36. The summed E-state index contributed by atoms with van der Waals surface area (Å²) in [6.07, 6.45) is -0.894. The summed E-state index contributed by atoms with van der Waals surface area (Å²) in [7, 11) is 0. The summed E-state index contributed by atoms with van der Waals surface area (Å²) in [4.78, 5) is 11.8. The molecule has 1 aliphatic rings. The van der Waals surface area contributed by atoms with E-state index in [1.807, 2.05) is 0 Å². The first-order valence-corrected chi connectivity index (χ1v) is 4.66. The van der Waals surface area contributed by atoms with Crippen LogP contribution in [0.4, 0.5) is 0 Å². The molecule has 0 bridgehead atoms. The lowest BCUT2D eigenvalue weighted by Crippen LogP contribution is -2.43. The highest BCUT2D eigenvalue weighted by Crippen LogP contribution is 2.35. The molecule has 15 heavy (non-hydrogen) atoms. The molecule has 1 atom stereocenters. The summed E-state index contributed by atoms with van der Waals surface area (Å²) < 4.78 is 5.30. The van der Waals surface area contributed by atoms with Crippen LogP contribution in [0, 0.1) is 0 Å². The van der Waals surface area contributed by atoms with Crippen LogP contribution in [0.3, 0.4) is 0 Å². The van der Waals surface area contributed by atoms with E-state index in [1.165, 1.54) is 32.0 Å². The molecule has 0 radical (unpaired) electrons. The number of carbonyl (C=O) groups excluding carboxylic acids is 1. The minimum Gasteiger partial charge on any atom is -0.508 e. The first kappa shape index (κ1) is 9.98. The van der Waals surface area contributed by atoms with E-state index in [0.717, 1.165) is 0 Å². The summed E-state index contributed by atoms with van der Waals surface area (Å²) in [5.74, 6) is 0.113. The molecule has 0 fully saturated rings. The van der Waals surface area contributed by atoms with E-state index in [-0.39, 0.29) is 11.5 Å². The van der Waals surface area contributed by atoms with Crippen molar-refractivity contribution in [3.63, 3.8) is 0 Å². The van der Waals surface area contributed by atoms with Crippen LogP contribution in [0.25, 0.3) is 0 Å². The lowest BCUT2D eigenvalue weighted by atomic mass is 9.96. The number of hydrogen-bond acceptors (Lipinski definition) is 4. The lowest BCUT2D eigenvalue weighted by molar-refractivity contribution is -0.0139. The number of aromatic hydroxyl groups is 1.